The standard InChI is InChI=1S/C50H77NO13/c1-29-15-12-11-13-16-30(2)41(60-8)27-37-20-18-35(7)50(59,64-37)47(56)48(57)51-22-14-17-38(51)49(58)63-42(32(4)25-36-19-21-39(52)43(26-36)61-9)28-40(53)31(3)24-34(6)45(55)46(62-10)44(54)33(5)23-29/h11-13,15-16,24,29,31-33,35-39,41-43,45-46,52,55,59H,14,17-23,25-28H2,1-10H3/b13-11+,15-12+,30-16+,34-24+/t29-,31-,32?,33-,35-,36+,37+,38+,39-,41+,42+,43-,45-,46+,50-/m1/s1. The summed E-state index contributed by atoms with van der Waals surface area (Å²) in [5.41, 5.74) is 1.26. The molecule has 0 aromatic heterocycles. The number of hydrogen-bond donors (Lipinski definition) is 3. The van der Waals surface area contributed by atoms with Crippen LogP contribution in [-0.4, -0.2) is 132 Å². The number of aliphatic hydroxyl groups excluding tert-OH is 2. The Morgan fingerprint density at radius 2 is 1.58 bits per heavy atom. The summed E-state index contributed by atoms with van der Waals surface area (Å²) >= 11 is 0. The average molecular weight is 900 g/mol. The van der Waals surface area contributed by atoms with Crippen molar-refractivity contribution in [3.63, 3.8) is 0 Å². The summed E-state index contributed by atoms with van der Waals surface area (Å²) in [6.07, 6.45) is 10.5. The van der Waals surface area contributed by atoms with E-state index in [-0.39, 0.29) is 54.8 Å². The van der Waals surface area contributed by atoms with Crippen LogP contribution < -0.4 is 0 Å². The minimum atomic E-state index is -2.42. The second-order valence-electron chi connectivity index (χ2n) is 19.2. The van der Waals surface area contributed by atoms with Crippen molar-refractivity contribution in [2.75, 3.05) is 27.9 Å². The van der Waals surface area contributed by atoms with Crippen LogP contribution in [0.25, 0.3) is 0 Å². The smallest absolute Gasteiger partial charge is 0.329 e. The van der Waals surface area contributed by atoms with Gasteiger partial charge in [-0.05, 0) is 101 Å². The molecule has 2 bridgehead atoms. The van der Waals surface area contributed by atoms with E-state index in [1.54, 1.807) is 41.1 Å². The molecule has 0 radical (unpaired) electrons. The molecule has 0 aromatic rings. The van der Waals surface area contributed by atoms with Crippen molar-refractivity contribution in [1.82, 2.24) is 4.90 Å². The molecule has 1 unspecified atom stereocenters. The Morgan fingerprint density at radius 1 is 0.859 bits per heavy atom. The first-order valence-corrected chi connectivity index (χ1v) is 23.4. The maximum Gasteiger partial charge on any atom is 0.329 e. The first-order chi connectivity index (χ1) is 30.2. The van der Waals surface area contributed by atoms with Crippen LogP contribution in [0, 0.1) is 35.5 Å². The lowest BCUT2D eigenvalue weighted by atomic mass is 9.78. The van der Waals surface area contributed by atoms with Crippen molar-refractivity contribution in [1.29, 1.82) is 0 Å². The van der Waals surface area contributed by atoms with Crippen LogP contribution in [0.1, 0.15) is 119 Å². The van der Waals surface area contributed by atoms with Crippen LogP contribution in [-0.2, 0) is 47.7 Å². The lowest BCUT2D eigenvalue weighted by Crippen LogP contribution is -2.59. The Bertz CT molecular complexity index is 1740. The van der Waals surface area contributed by atoms with E-state index >= 15 is 0 Å². The first-order valence-electron chi connectivity index (χ1n) is 23.4. The number of carbonyl (C=O) groups is 5. The third kappa shape index (κ3) is 13.6. The maximum absolute atomic E-state index is 14.2. The number of rotatable bonds is 6. The maximum atomic E-state index is 14.2. The van der Waals surface area contributed by atoms with Gasteiger partial charge in [-0.2, -0.15) is 0 Å². The molecule has 64 heavy (non-hydrogen) atoms. The lowest BCUT2D eigenvalue weighted by molar-refractivity contribution is -0.265. The Balaban J connectivity index is 1.68. The Kier molecular flexibility index (Phi) is 20.3. The molecule has 3 N–H and O–H groups in total. The van der Waals surface area contributed by atoms with E-state index in [2.05, 4.69) is 0 Å². The van der Waals surface area contributed by atoms with Gasteiger partial charge in [0.05, 0.1) is 24.4 Å². The molecule has 3 fully saturated rings. The van der Waals surface area contributed by atoms with Gasteiger partial charge in [-0.3, -0.25) is 19.2 Å². The third-order valence-corrected chi connectivity index (χ3v) is 14.2. The van der Waals surface area contributed by atoms with Gasteiger partial charge in [0.15, 0.2) is 5.78 Å². The molecule has 0 spiro atoms. The molecule has 1 aliphatic carbocycles. The van der Waals surface area contributed by atoms with Gasteiger partial charge >= 0.3 is 5.97 Å². The van der Waals surface area contributed by atoms with Crippen LogP contribution >= 0.6 is 0 Å². The number of amides is 1. The van der Waals surface area contributed by atoms with Gasteiger partial charge in [-0.15, -0.1) is 0 Å². The predicted octanol–water partition coefficient (Wildman–Crippen LogP) is 5.79. The zero-order valence-corrected chi connectivity index (χ0v) is 39.9. The molecule has 3 aliphatic heterocycles. The van der Waals surface area contributed by atoms with Gasteiger partial charge in [0.2, 0.25) is 5.79 Å². The zero-order valence-electron chi connectivity index (χ0n) is 39.9. The van der Waals surface area contributed by atoms with Crippen molar-refractivity contribution in [3.8, 4) is 0 Å². The van der Waals surface area contributed by atoms with E-state index in [1.165, 1.54) is 7.11 Å². The fourth-order valence-electron chi connectivity index (χ4n) is 9.95. The van der Waals surface area contributed by atoms with Crippen molar-refractivity contribution >= 4 is 29.2 Å². The van der Waals surface area contributed by atoms with Crippen LogP contribution in [0.3, 0.4) is 0 Å². The van der Waals surface area contributed by atoms with Gasteiger partial charge in [0.1, 0.15) is 30.1 Å². The van der Waals surface area contributed by atoms with E-state index in [9.17, 15) is 39.3 Å². The lowest BCUT2D eigenvalue weighted by Gasteiger charge is -2.41. The fourth-order valence-corrected chi connectivity index (χ4v) is 9.95. The molecule has 14 heteroatoms. The number of aliphatic hydroxyl groups is 3. The number of Topliss-reactive ketones (excluding diaryl/α,β-unsaturated/α-hetero) is 3. The van der Waals surface area contributed by atoms with E-state index in [4.69, 9.17) is 23.7 Å². The highest BCUT2D eigenvalue weighted by molar-refractivity contribution is 6.39. The van der Waals surface area contributed by atoms with Gasteiger partial charge in [0, 0.05) is 58.5 Å². The number of carbonyl (C=O) groups excluding carboxylic acids is 5. The van der Waals surface area contributed by atoms with Crippen molar-refractivity contribution in [2.45, 2.75) is 174 Å². The van der Waals surface area contributed by atoms with E-state index in [0.717, 1.165) is 16.9 Å². The Hall–Kier alpha value is -3.37. The molecule has 1 amide bonds. The summed E-state index contributed by atoms with van der Waals surface area (Å²) in [5.74, 6) is -7.97. The molecule has 1 saturated carbocycles. The third-order valence-electron chi connectivity index (χ3n) is 14.2. The Morgan fingerprint density at radius 3 is 2.25 bits per heavy atom. The highest BCUT2D eigenvalue weighted by Gasteiger charge is 2.53. The van der Waals surface area contributed by atoms with E-state index in [0.29, 0.717) is 56.9 Å². The molecule has 2 saturated heterocycles. The largest absolute Gasteiger partial charge is 0.460 e. The molecule has 3 heterocycles. The minimum Gasteiger partial charge on any atom is -0.460 e. The van der Waals surface area contributed by atoms with E-state index < -0.39 is 83.9 Å². The van der Waals surface area contributed by atoms with Gasteiger partial charge in [-0.25, -0.2) is 4.79 Å². The number of allylic oxidation sites excluding steroid dienone is 6. The molecular weight excluding hydrogens is 823 g/mol. The monoisotopic (exact) mass is 900 g/mol. The second-order valence-corrected chi connectivity index (χ2v) is 19.2. The number of hydrogen-bond acceptors (Lipinski definition) is 13. The highest BCUT2D eigenvalue weighted by Crippen LogP contribution is 2.38. The first kappa shape index (κ1) is 53.2. The van der Waals surface area contributed by atoms with Gasteiger partial charge < -0.3 is 43.9 Å². The predicted molar refractivity (Wildman–Crippen MR) is 241 cm³/mol. The Labute approximate surface area is 380 Å². The van der Waals surface area contributed by atoms with Crippen LogP contribution in [0.5, 0.6) is 0 Å². The van der Waals surface area contributed by atoms with Crippen molar-refractivity contribution in [3.05, 3.63) is 47.6 Å². The van der Waals surface area contributed by atoms with E-state index in [1.807, 2.05) is 58.1 Å². The highest BCUT2D eigenvalue weighted by atomic mass is 16.6. The average Bonchev–Trinajstić information content (AvgIpc) is 3.76. The molecule has 360 valence electrons. The van der Waals surface area contributed by atoms with Crippen molar-refractivity contribution < 1.29 is 63.0 Å². The van der Waals surface area contributed by atoms with Crippen LogP contribution in [0.2, 0.25) is 0 Å². The summed E-state index contributed by atoms with van der Waals surface area (Å²) in [6.45, 7) is 12.7. The minimum absolute atomic E-state index is 0.0199. The second kappa shape index (κ2) is 24.4. The quantitative estimate of drug-likeness (QED) is 0.165. The topological polar surface area (TPSA) is 195 Å². The van der Waals surface area contributed by atoms with Crippen molar-refractivity contribution in [2.24, 2.45) is 35.5 Å². The molecule has 4 aliphatic rings. The molecule has 14 nitrogen and oxygen atoms in total. The normalized spacial score (nSPS) is 40.7. The number of methoxy groups -OCH3 is 3. The van der Waals surface area contributed by atoms with Gasteiger partial charge in [-0.1, -0.05) is 71.1 Å². The fraction of sp³-hybridized carbons (Fsp3) is 0.740. The molecule has 0 aromatic carbocycles. The number of fused-ring (bicyclic) bond motifs is 3. The van der Waals surface area contributed by atoms with Crippen LogP contribution in [0.15, 0.2) is 47.6 Å². The number of esters is 1. The summed E-state index contributed by atoms with van der Waals surface area (Å²) < 4.78 is 29.2. The molecular formula is C50H77NO13. The number of nitrogens with zero attached hydrogens (tertiary/aromatic N) is 1. The number of cyclic esters (lactones) is 1. The summed E-state index contributed by atoms with van der Waals surface area (Å²) in [7, 11) is 4.51. The molecule has 4 rings (SSSR count). The summed E-state index contributed by atoms with van der Waals surface area (Å²) in [4.78, 5) is 71.2. The van der Waals surface area contributed by atoms with Gasteiger partial charge in [0.25, 0.3) is 11.7 Å². The summed E-state index contributed by atoms with van der Waals surface area (Å²) in [5, 5.41) is 33.7. The SMILES string of the molecule is CO[C@H]1C[C@@H]2CC[C@@H](C)[C@@](O)(O2)C(=O)C(=O)N2CCC[C@H]2C(=O)O[C@H](C(C)C[C@@H]2CC[C@@H](O)[C@H](OC)C2)CC(=O)[C@H](C)/C=C(\C)[C@@H](O)[C@@H](OC)C(=O)[C@H](C)C[C@H](C)/C=C/C=C/C=C/1C. The van der Waals surface area contributed by atoms with Crippen LogP contribution in [0.4, 0.5) is 0 Å². The zero-order chi connectivity index (χ0) is 47.5. The molecule has 15 atom stereocenters. The summed E-state index contributed by atoms with van der Waals surface area (Å²) in [6, 6.07) is -1.13. The number of ketones is 3. The number of ether oxygens (including phenoxy) is 5.